The van der Waals surface area contributed by atoms with Gasteiger partial charge in [-0.25, -0.2) is 4.79 Å². The molecule has 2 amide bonds. The van der Waals surface area contributed by atoms with Crippen molar-refractivity contribution in [2.75, 3.05) is 7.05 Å². The average molecular weight is 254 g/mol. The number of urea groups is 1. The lowest BCUT2D eigenvalue weighted by Gasteiger charge is -2.07. The number of carbonyl (C=O) groups is 1. The number of amides is 2. The molecule has 0 fully saturated rings. The Hall–Kier alpha value is -2.09. The van der Waals surface area contributed by atoms with E-state index in [1.54, 1.807) is 18.2 Å². The smallest absolute Gasteiger partial charge is 0.333 e. The van der Waals surface area contributed by atoms with E-state index in [1.807, 2.05) is 0 Å². The van der Waals surface area contributed by atoms with Gasteiger partial charge in [-0.05, 0) is 12.1 Å². The molecule has 7 nitrogen and oxygen atoms in total. The molecule has 0 saturated heterocycles. The minimum absolute atomic E-state index is 0.101. The van der Waals surface area contributed by atoms with E-state index in [2.05, 4.69) is 20.6 Å². The van der Waals surface area contributed by atoms with Gasteiger partial charge in [0, 0.05) is 12.6 Å². The third kappa shape index (κ3) is 2.07. The van der Waals surface area contributed by atoms with Gasteiger partial charge in [0.25, 0.3) is 10.0 Å². The van der Waals surface area contributed by atoms with Gasteiger partial charge >= 0.3 is 6.03 Å². The number of sulfonamides is 1. The van der Waals surface area contributed by atoms with Crippen molar-refractivity contribution in [2.24, 2.45) is 4.40 Å². The van der Waals surface area contributed by atoms with E-state index < -0.39 is 16.1 Å². The second-order valence-electron chi connectivity index (χ2n) is 3.24. The first-order valence-corrected chi connectivity index (χ1v) is 6.17. The highest BCUT2D eigenvalue weighted by molar-refractivity contribution is 7.90. The van der Waals surface area contributed by atoms with E-state index in [1.165, 1.54) is 13.1 Å². The Morgan fingerprint density at radius 2 is 2.00 bits per heavy atom. The molecule has 90 valence electrons. The van der Waals surface area contributed by atoms with Gasteiger partial charge in [0.05, 0.1) is 0 Å². The maximum atomic E-state index is 11.6. The Kier molecular flexibility index (Phi) is 2.72. The Balaban J connectivity index is 2.29. The van der Waals surface area contributed by atoms with Gasteiger partial charge in [0.1, 0.15) is 4.90 Å². The number of nitrogens with one attached hydrogen (secondary N) is 3. The van der Waals surface area contributed by atoms with Crippen LogP contribution in [0.3, 0.4) is 0 Å². The number of carbonyl (C=O) groups excluding carboxylic acids is 1. The van der Waals surface area contributed by atoms with Crippen molar-refractivity contribution < 1.29 is 13.2 Å². The molecule has 0 radical (unpaired) electrons. The van der Waals surface area contributed by atoms with Crippen molar-refractivity contribution >= 4 is 21.9 Å². The lowest BCUT2D eigenvalue weighted by Crippen LogP contribution is -2.45. The standard InChI is InChI=1S/C9H10N4O3S/c1-10-9(14)12-11-8-6-4-2-3-5-7(6)17(15,16)13-8/h2-5H,1H3,(H,11,13)(H2,10,12,14). The molecule has 17 heavy (non-hydrogen) atoms. The Labute approximate surface area is 98.0 Å². The summed E-state index contributed by atoms with van der Waals surface area (Å²) in [6.07, 6.45) is 0. The summed E-state index contributed by atoms with van der Waals surface area (Å²) in [4.78, 5) is 11.1. The second kappa shape index (κ2) is 4.06. The van der Waals surface area contributed by atoms with Crippen LogP contribution in [0.1, 0.15) is 5.56 Å². The van der Waals surface area contributed by atoms with Crippen LogP contribution in [0.4, 0.5) is 4.79 Å². The first-order chi connectivity index (χ1) is 8.04. The predicted octanol–water partition coefficient (Wildman–Crippen LogP) is -0.431. The van der Waals surface area contributed by atoms with Crippen LogP contribution >= 0.6 is 0 Å². The second-order valence-corrected chi connectivity index (χ2v) is 4.81. The number of nitrogens with zero attached hydrogens (tertiary/aromatic N) is 1. The molecule has 0 saturated carbocycles. The molecule has 0 unspecified atom stereocenters. The summed E-state index contributed by atoms with van der Waals surface area (Å²) >= 11 is 0. The zero-order chi connectivity index (χ0) is 12.5. The number of hydrazine groups is 1. The van der Waals surface area contributed by atoms with Crippen LogP contribution in [0, 0.1) is 0 Å². The summed E-state index contributed by atoms with van der Waals surface area (Å²) < 4.78 is 26.8. The highest BCUT2D eigenvalue weighted by atomic mass is 32.2. The van der Waals surface area contributed by atoms with Crippen molar-refractivity contribution in [3.63, 3.8) is 0 Å². The van der Waals surface area contributed by atoms with Gasteiger partial charge in [-0.3, -0.25) is 10.9 Å². The van der Waals surface area contributed by atoms with E-state index in [-0.39, 0.29) is 10.7 Å². The number of fused-ring (bicyclic) bond motifs is 1. The Morgan fingerprint density at radius 3 is 2.71 bits per heavy atom. The number of benzene rings is 1. The van der Waals surface area contributed by atoms with E-state index in [4.69, 9.17) is 0 Å². The van der Waals surface area contributed by atoms with E-state index >= 15 is 0 Å². The summed E-state index contributed by atoms with van der Waals surface area (Å²) in [7, 11) is -2.21. The minimum atomic E-state index is -3.66. The Morgan fingerprint density at radius 1 is 1.29 bits per heavy atom. The molecule has 1 heterocycles. The topological polar surface area (TPSA) is 99.7 Å². The van der Waals surface area contributed by atoms with Crippen molar-refractivity contribution in [1.29, 1.82) is 0 Å². The molecule has 0 spiro atoms. The zero-order valence-electron chi connectivity index (χ0n) is 8.89. The molecular formula is C9H10N4O3S. The molecule has 0 atom stereocenters. The van der Waals surface area contributed by atoms with Crippen LogP contribution in [0.2, 0.25) is 0 Å². The first kappa shape index (κ1) is 11.4. The number of amidine groups is 1. The van der Waals surface area contributed by atoms with Crippen LogP contribution < -0.4 is 16.2 Å². The summed E-state index contributed by atoms with van der Waals surface area (Å²) in [5.41, 5.74) is 5.14. The maximum absolute atomic E-state index is 11.6. The molecule has 8 heteroatoms. The molecular weight excluding hydrogens is 244 g/mol. The lowest BCUT2D eigenvalue weighted by molar-refractivity contribution is 0.241. The summed E-state index contributed by atoms with van der Waals surface area (Å²) in [6.45, 7) is 0. The first-order valence-electron chi connectivity index (χ1n) is 4.73. The molecule has 2 rings (SSSR count). The minimum Gasteiger partial charge on any atom is -0.340 e. The fraction of sp³-hybridized carbons (Fsp3) is 0.111. The van der Waals surface area contributed by atoms with Gasteiger partial charge in [-0.15, -0.1) is 4.40 Å². The zero-order valence-corrected chi connectivity index (χ0v) is 9.71. The van der Waals surface area contributed by atoms with Crippen LogP contribution in [0.15, 0.2) is 33.6 Å². The quantitative estimate of drug-likeness (QED) is 0.547. The molecule has 0 bridgehead atoms. The van der Waals surface area contributed by atoms with Crippen molar-refractivity contribution in [2.45, 2.75) is 4.90 Å². The summed E-state index contributed by atoms with van der Waals surface area (Å²) in [5.74, 6) is 0.101. The van der Waals surface area contributed by atoms with Crippen molar-refractivity contribution in [3.8, 4) is 0 Å². The predicted molar refractivity (Wildman–Crippen MR) is 60.9 cm³/mol. The van der Waals surface area contributed by atoms with Crippen LogP contribution in [-0.2, 0) is 10.0 Å². The molecule has 1 aromatic rings. The van der Waals surface area contributed by atoms with Crippen LogP contribution in [-0.4, -0.2) is 27.3 Å². The molecule has 1 aromatic carbocycles. The van der Waals surface area contributed by atoms with Crippen LogP contribution in [0.25, 0.3) is 0 Å². The lowest BCUT2D eigenvalue weighted by atomic mass is 10.2. The summed E-state index contributed by atoms with van der Waals surface area (Å²) in [5, 5.41) is 2.32. The van der Waals surface area contributed by atoms with E-state index in [9.17, 15) is 13.2 Å². The molecule has 0 aliphatic carbocycles. The third-order valence-electron chi connectivity index (χ3n) is 2.15. The fourth-order valence-electron chi connectivity index (χ4n) is 1.37. The Bertz CT molecular complexity index is 594. The average Bonchev–Trinajstić information content (AvgIpc) is 2.59. The normalized spacial score (nSPS) is 15.7. The third-order valence-corrected chi connectivity index (χ3v) is 3.49. The van der Waals surface area contributed by atoms with Crippen molar-refractivity contribution in [1.82, 2.24) is 16.2 Å². The largest absolute Gasteiger partial charge is 0.340 e. The van der Waals surface area contributed by atoms with Gasteiger partial charge in [0.15, 0.2) is 5.84 Å². The highest BCUT2D eigenvalue weighted by Gasteiger charge is 2.28. The van der Waals surface area contributed by atoms with Gasteiger partial charge in [-0.2, -0.15) is 8.42 Å². The van der Waals surface area contributed by atoms with Gasteiger partial charge < -0.3 is 5.32 Å². The van der Waals surface area contributed by atoms with Crippen LogP contribution in [0.5, 0.6) is 0 Å². The molecule has 0 aromatic heterocycles. The number of hydrogen-bond donors (Lipinski definition) is 3. The maximum Gasteiger partial charge on any atom is 0.333 e. The van der Waals surface area contributed by atoms with E-state index in [0.29, 0.717) is 5.56 Å². The molecule has 1 aliphatic rings. The summed E-state index contributed by atoms with van der Waals surface area (Å²) in [6, 6.07) is 5.88. The number of rotatable bonds is 0. The van der Waals surface area contributed by atoms with Gasteiger partial charge in [-0.1, -0.05) is 12.1 Å². The molecule has 1 aliphatic heterocycles. The van der Waals surface area contributed by atoms with Gasteiger partial charge in [0.2, 0.25) is 0 Å². The highest BCUT2D eigenvalue weighted by Crippen LogP contribution is 2.24. The number of hydrogen-bond acceptors (Lipinski definition) is 4. The monoisotopic (exact) mass is 254 g/mol. The van der Waals surface area contributed by atoms with Crippen molar-refractivity contribution in [3.05, 3.63) is 29.8 Å². The molecule has 3 N–H and O–H groups in total. The SMILES string of the molecule is CNC(=O)NNC1=NS(=O)(=O)c2ccccc21. The van der Waals surface area contributed by atoms with E-state index in [0.717, 1.165) is 0 Å². The fourth-order valence-corrected chi connectivity index (χ4v) is 2.55.